The number of aromatic nitrogens is 2. The Bertz CT molecular complexity index is 1260. The Balaban J connectivity index is 1.37. The molecule has 7 heteroatoms. The van der Waals surface area contributed by atoms with Gasteiger partial charge in [-0.15, -0.1) is 0 Å². The van der Waals surface area contributed by atoms with Crippen LogP contribution in [-0.2, 0) is 11.3 Å². The number of nitrogens with zero attached hydrogens (tertiary/aromatic N) is 3. The maximum absolute atomic E-state index is 12.4. The lowest BCUT2D eigenvalue weighted by molar-refractivity contribution is -0.118. The van der Waals surface area contributed by atoms with Crippen LogP contribution in [0.3, 0.4) is 0 Å². The summed E-state index contributed by atoms with van der Waals surface area (Å²) in [6.07, 6.45) is 2.59. The molecule has 0 saturated heterocycles. The van der Waals surface area contributed by atoms with E-state index in [1.807, 2.05) is 42.5 Å². The quantitative estimate of drug-likeness (QED) is 0.190. The van der Waals surface area contributed by atoms with Gasteiger partial charge in [0.15, 0.2) is 5.16 Å². The molecule has 0 spiro atoms. The van der Waals surface area contributed by atoms with Crippen LogP contribution < -0.4 is 10.2 Å². The molecule has 0 bridgehead atoms. The number of benzene rings is 3. The zero-order valence-corrected chi connectivity index (χ0v) is 20.2. The molecule has 0 radical (unpaired) electrons. The van der Waals surface area contributed by atoms with E-state index in [4.69, 9.17) is 9.72 Å². The van der Waals surface area contributed by atoms with Crippen molar-refractivity contribution in [1.29, 1.82) is 0 Å². The molecule has 0 fully saturated rings. The Hall–Kier alpha value is -3.58. The molecule has 0 saturated carbocycles. The van der Waals surface area contributed by atoms with Gasteiger partial charge in [-0.1, -0.05) is 60.6 Å². The van der Waals surface area contributed by atoms with E-state index < -0.39 is 0 Å². The summed E-state index contributed by atoms with van der Waals surface area (Å²) >= 11 is 1.41. The van der Waals surface area contributed by atoms with E-state index in [0.29, 0.717) is 13.2 Å². The highest BCUT2D eigenvalue weighted by atomic mass is 32.2. The minimum absolute atomic E-state index is 0.182. The molecule has 3 aromatic carbocycles. The number of fused-ring (bicyclic) bond motifs is 1. The van der Waals surface area contributed by atoms with Crippen molar-refractivity contribution in [3.8, 4) is 5.75 Å². The molecule has 6 nitrogen and oxygen atoms in total. The average Bonchev–Trinajstić information content (AvgIpc) is 3.21. The zero-order chi connectivity index (χ0) is 23.8. The highest BCUT2D eigenvalue weighted by Crippen LogP contribution is 2.25. The Morgan fingerprint density at radius 2 is 1.85 bits per heavy atom. The van der Waals surface area contributed by atoms with Gasteiger partial charge in [0.1, 0.15) is 5.75 Å². The summed E-state index contributed by atoms with van der Waals surface area (Å²) < 4.78 is 7.73. The molecule has 0 aliphatic rings. The van der Waals surface area contributed by atoms with Crippen LogP contribution in [0, 0.1) is 6.92 Å². The van der Waals surface area contributed by atoms with Gasteiger partial charge in [-0.2, -0.15) is 5.10 Å². The number of nitrogens with one attached hydrogen (secondary N) is 1. The number of ether oxygens (including phenoxy) is 1. The second-order valence-electron chi connectivity index (χ2n) is 7.95. The SMILES string of the molecule is CCCOc1ccc(/C=N\NC(=O)CSc2nc3ccccc3n2Cc2ccc(C)cc2)cc1. The lowest BCUT2D eigenvalue weighted by atomic mass is 10.1. The van der Waals surface area contributed by atoms with E-state index >= 15 is 0 Å². The second-order valence-corrected chi connectivity index (χ2v) is 8.90. The first kappa shape index (κ1) is 23.6. The van der Waals surface area contributed by atoms with Gasteiger partial charge in [0, 0.05) is 0 Å². The van der Waals surface area contributed by atoms with Crippen molar-refractivity contribution >= 4 is 34.9 Å². The second kappa shape index (κ2) is 11.5. The third-order valence-corrected chi connectivity index (χ3v) is 6.15. The highest BCUT2D eigenvalue weighted by Gasteiger charge is 2.13. The molecule has 1 heterocycles. The molecule has 0 unspecified atom stereocenters. The highest BCUT2D eigenvalue weighted by molar-refractivity contribution is 7.99. The van der Waals surface area contributed by atoms with E-state index in [9.17, 15) is 4.79 Å². The number of imidazole rings is 1. The first-order chi connectivity index (χ1) is 16.6. The average molecular weight is 473 g/mol. The number of hydrazone groups is 1. The topological polar surface area (TPSA) is 68.5 Å². The van der Waals surface area contributed by atoms with E-state index in [-0.39, 0.29) is 11.7 Å². The van der Waals surface area contributed by atoms with Gasteiger partial charge in [-0.05, 0) is 60.9 Å². The number of thioether (sulfide) groups is 1. The third kappa shape index (κ3) is 6.26. The van der Waals surface area contributed by atoms with Gasteiger partial charge in [-0.25, -0.2) is 10.4 Å². The lowest BCUT2D eigenvalue weighted by Crippen LogP contribution is -2.20. The van der Waals surface area contributed by atoms with Crippen molar-refractivity contribution in [2.75, 3.05) is 12.4 Å². The summed E-state index contributed by atoms with van der Waals surface area (Å²) in [4.78, 5) is 17.1. The number of carbonyl (C=O) groups is 1. The Labute approximate surface area is 204 Å². The minimum Gasteiger partial charge on any atom is -0.494 e. The monoisotopic (exact) mass is 472 g/mol. The minimum atomic E-state index is -0.182. The number of para-hydroxylation sites is 2. The molecule has 0 aliphatic heterocycles. The molecule has 1 aromatic heterocycles. The summed E-state index contributed by atoms with van der Waals surface area (Å²) in [5, 5.41) is 4.89. The lowest BCUT2D eigenvalue weighted by Gasteiger charge is -2.09. The van der Waals surface area contributed by atoms with Crippen LogP contribution in [0.25, 0.3) is 11.0 Å². The van der Waals surface area contributed by atoms with Crippen LogP contribution in [0.15, 0.2) is 83.1 Å². The van der Waals surface area contributed by atoms with Crippen molar-refractivity contribution < 1.29 is 9.53 Å². The fraction of sp³-hybridized carbons (Fsp3) is 0.222. The zero-order valence-electron chi connectivity index (χ0n) is 19.4. The molecule has 1 amide bonds. The first-order valence-electron chi connectivity index (χ1n) is 11.3. The van der Waals surface area contributed by atoms with Gasteiger partial charge in [0.05, 0.1) is 36.2 Å². The summed E-state index contributed by atoms with van der Waals surface area (Å²) in [5.74, 6) is 0.865. The summed E-state index contributed by atoms with van der Waals surface area (Å²) in [6, 6.07) is 24.1. The first-order valence-corrected chi connectivity index (χ1v) is 12.3. The van der Waals surface area contributed by atoms with E-state index in [1.54, 1.807) is 6.21 Å². The summed E-state index contributed by atoms with van der Waals surface area (Å²) in [5.41, 5.74) is 7.88. The van der Waals surface area contributed by atoms with Gasteiger partial charge in [0.25, 0.3) is 5.91 Å². The molecule has 4 aromatic rings. The van der Waals surface area contributed by atoms with Gasteiger partial charge >= 0.3 is 0 Å². The maximum Gasteiger partial charge on any atom is 0.250 e. The standard InChI is InChI=1S/C27H28N4O2S/c1-3-16-33-23-14-12-21(13-15-23)17-28-30-26(32)19-34-27-29-24-6-4-5-7-25(24)31(27)18-22-10-8-20(2)9-11-22/h4-15,17H,3,16,18-19H2,1-2H3,(H,30,32)/b28-17-. The number of rotatable bonds is 10. The molecule has 174 valence electrons. The van der Waals surface area contributed by atoms with Crippen molar-refractivity contribution in [3.63, 3.8) is 0 Å². The summed E-state index contributed by atoms with van der Waals surface area (Å²) in [7, 11) is 0. The smallest absolute Gasteiger partial charge is 0.250 e. The van der Waals surface area contributed by atoms with Gasteiger partial charge in [0.2, 0.25) is 0 Å². The largest absolute Gasteiger partial charge is 0.494 e. The predicted molar refractivity (Wildman–Crippen MR) is 139 cm³/mol. The Kier molecular flexibility index (Phi) is 7.99. The van der Waals surface area contributed by atoms with Crippen molar-refractivity contribution in [2.24, 2.45) is 5.10 Å². The van der Waals surface area contributed by atoms with Crippen molar-refractivity contribution in [1.82, 2.24) is 15.0 Å². The number of hydrogen-bond donors (Lipinski definition) is 1. The van der Waals surface area contributed by atoms with Crippen LogP contribution >= 0.6 is 11.8 Å². The Morgan fingerprint density at radius 1 is 1.09 bits per heavy atom. The summed E-state index contributed by atoms with van der Waals surface area (Å²) in [6.45, 7) is 5.54. The van der Waals surface area contributed by atoms with Gasteiger partial charge in [-0.3, -0.25) is 4.79 Å². The van der Waals surface area contributed by atoms with Crippen molar-refractivity contribution in [3.05, 3.63) is 89.5 Å². The van der Waals surface area contributed by atoms with Crippen molar-refractivity contribution in [2.45, 2.75) is 32.0 Å². The third-order valence-electron chi connectivity index (χ3n) is 5.17. The normalized spacial score (nSPS) is 11.2. The molecule has 0 aliphatic carbocycles. The van der Waals surface area contributed by atoms with E-state index in [2.05, 4.69) is 59.3 Å². The number of amides is 1. The molecule has 1 N–H and O–H groups in total. The molecule has 0 atom stereocenters. The molecule has 4 rings (SSSR count). The Morgan fingerprint density at radius 3 is 2.62 bits per heavy atom. The van der Waals surface area contributed by atoms with Crippen LogP contribution in [0.4, 0.5) is 0 Å². The van der Waals surface area contributed by atoms with Crippen LogP contribution in [-0.4, -0.2) is 34.0 Å². The maximum atomic E-state index is 12.4. The molecular formula is C27H28N4O2S. The van der Waals surface area contributed by atoms with Crippen LogP contribution in [0.1, 0.15) is 30.0 Å². The number of aryl methyl sites for hydroxylation is 1. The predicted octanol–water partition coefficient (Wildman–Crippen LogP) is 5.42. The van der Waals surface area contributed by atoms with Crippen LogP contribution in [0.5, 0.6) is 5.75 Å². The fourth-order valence-electron chi connectivity index (χ4n) is 3.40. The van der Waals surface area contributed by atoms with Gasteiger partial charge < -0.3 is 9.30 Å². The number of hydrogen-bond acceptors (Lipinski definition) is 5. The van der Waals surface area contributed by atoms with E-state index in [0.717, 1.165) is 33.9 Å². The number of carbonyl (C=O) groups excluding carboxylic acids is 1. The molecular weight excluding hydrogens is 444 g/mol. The van der Waals surface area contributed by atoms with E-state index in [1.165, 1.54) is 22.9 Å². The fourth-order valence-corrected chi connectivity index (χ4v) is 4.21. The van der Waals surface area contributed by atoms with Crippen LogP contribution in [0.2, 0.25) is 0 Å². The molecule has 34 heavy (non-hydrogen) atoms.